The van der Waals surface area contributed by atoms with Gasteiger partial charge in [-0.05, 0) is 43.2 Å². The predicted octanol–water partition coefficient (Wildman–Crippen LogP) is 2.39. The van der Waals surface area contributed by atoms with Gasteiger partial charge in [0.05, 0.1) is 18.4 Å². The number of carbonyl (C=O) groups excluding carboxylic acids is 2. The van der Waals surface area contributed by atoms with Gasteiger partial charge in [-0.1, -0.05) is 18.2 Å². The number of ether oxygens (including phenoxy) is 2. The van der Waals surface area contributed by atoms with Crippen molar-refractivity contribution in [1.29, 1.82) is 0 Å². The maximum Gasteiger partial charge on any atom is 0.265 e. The molecule has 2 aromatic carbocycles. The molecule has 1 heterocycles. The van der Waals surface area contributed by atoms with Crippen LogP contribution in [0.15, 0.2) is 42.5 Å². The first-order valence-electron chi connectivity index (χ1n) is 8.10. The number of methoxy groups -OCH3 is 1. The van der Waals surface area contributed by atoms with Gasteiger partial charge in [0.2, 0.25) is 0 Å². The fraction of sp³-hybridized carbons (Fsp3) is 0.263. The Hall–Kier alpha value is -3.02. The normalized spacial score (nSPS) is 15.6. The molecule has 0 aliphatic carbocycles. The van der Waals surface area contributed by atoms with Gasteiger partial charge in [-0.25, -0.2) is 0 Å². The highest BCUT2D eigenvalue weighted by atomic mass is 16.5. The number of fused-ring (bicyclic) bond motifs is 1. The van der Waals surface area contributed by atoms with Gasteiger partial charge in [0.25, 0.3) is 11.8 Å². The summed E-state index contributed by atoms with van der Waals surface area (Å²) in [7, 11) is 1.54. The van der Waals surface area contributed by atoms with Crippen molar-refractivity contribution in [2.45, 2.75) is 19.4 Å². The summed E-state index contributed by atoms with van der Waals surface area (Å²) in [5.74, 6) is 0.867. The molecule has 1 aliphatic heterocycles. The lowest BCUT2D eigenvalue weighted by Gasteiger charge is -2.23. The van der Waals surface area contributed by atoms with Crippen molar-refractivity contribution in [3.63, 3.8) is 0 Å². The van der Waals surface area contributed by atoms with E-state index in [1.54, 1.807) is 25.1 Å². The molecule has 0 saturated heterocycles. The summed E-state index contributed by atoms with van der Waals surface area (Å²) in [5.41, 5.74) is 2.17. The number of carbonyl (C=O) groups is 2. The average Bonchev–Trinajstić information content (AvgIpc) is 2.62. The molecule has 2 amide bonds. The van der Waals surface area contributed by atoms with Crippen LogP contribution in [-0.4, -0.2) is 31.6 Å². The first kappa shape index (κ1) is 16.8. The second kappa shape index (κ2) is 7.25. The molecular formula is C19H20N2O4. The number of amides is 2. The Morgan fingerprint density at radius 2 is 2.08 bits per heavy atom. The van der Waals surface area contributed by atoms with Crippen molar-refractivity contribution in [2.24, 2.45) is 0 Å². The molecule has 2 aromatic rings. The number of para-hydroxylation sites is 1. The molecule has 0 spiro atoms. The minimum Gasteiger partial charge on any atom is -0.496 e. The highest BCUT2D eigenvalue weighted by molar-refractivity contribution is 5.98. The summed E-state index contributed by atoms with van der Waals surface area (Å²) >= 11 is 0. The van der Waals surface area contributed by atoms with E-state index >= 15 is 0 Å². The van der Waals surface area contributed by atoms with Crippen LogP contribution in [0, 0.1) is 0 Å². The molecule has 1 unspecified atom stereocenters. The summed E-state index contributed by atoms with van der Waals surface area (Å²) in [5, 5.41) is 5.70. The monoisotopic (exact) mass is 340 g/mol. The van der Waals surface area contributed by atoms with Crippen LogP contribution in [0.5, 0.6) is 11.5 Å². The summed E-state index contributed by atoms with van der Waals surface area (Å²) in [6, 6.07) is 12.7. The fourth-order valence-electron chi connectivity index (χ4n) is 2.66. The summed E-state index contributed by atoms with van der Waals surface area (Å²) in [6.07, 6.45) is 0.151. The largest absolute Gasteiger partial charge is 0.496 e. The van der Waals surface area contributed by atoms with E-state index in [1.165, 1.54) is 7.11 Å². The molecule has 0 aromatic heterocycles. The average molecular weight is 340 g/mol. The van der Waals surface area contributed by atoms with Crippen LogP contribution in [0.1, 0.15) is 22.8 Å². The minimum atomic E-state index is -0.488. The number of rotatable bonds is 5. The van der Waals surface area contributed by atoms with Gasteiger partial charge in [-0.3, -0.25) is 9.59 Å². The topological polar surface area (TPSA) is 76.7 Å². The van der Waals surface area contributed by atoms with Crippen LogP contribution in [-0.2, 0) is 11.2 Å². The second-order valence-electron chi connectivity index (χ2n) is 5.79. The van der Waals surface area contributed by atoms with Gasteiger partial charge >= 0.3 is 0 Å². The molecule has 0 fully saturated rings. The molecule has 2 N–H and O–H groups in total. The molecule has 6 nitrogen and oxygen atoms in total. The molecule has 0 saturated carbocycles. The lowest BCUT2D eigenvalue weighted by atomic mass is 10.1. The van der Waals surface area contributed by atoms with Crippen LogP contribution < -0.4 is 20.1 Å². The lowest BCUT2D eigenvalue weighted by molar-refractivity contribution is -0.122. The first-order chi connectivity index (χ1) is 12.1. The summed E-state index contributed by atoms with van der Waals surface area (Å²) in [6.45, 7) is 2.18. The van der Waals surface area contributed by atoms with Crippen LogP contribution in [0.4, 0.5) is 5.69 Å². The second-order valence-corrected chi connectivity index (χ2v) is 5.79. The molecule has 1 aliphatic rings. The van der Waals surface area contributed by atoms with Gasteiger partial charge in [0.15, 0.2) is 6.10 Å². The Morgan fingerprint density at radius 1 is 1.28 bits per heavy atom. The molecule has 25 heavy (non-hydrogen) atoms. The molecule has 1 atom stereocenters. The maximum atomic E-state index is 12.3. The van der Waals surface area contributed by atoms with E-state index in [-0.39, 0.29) is 11.8 Å². The number of nitrogens with one attached hydrogen (secondary N) is 2. The van der Waals surface area contributed by atoms with Crippen molar-refractivity contribution in [3.05, 3.63) is 53.6 Å². The van der Waals surface area contributed by atoms with Crippen LogP contribution in [0.25, 0.3) is 0 Å². The predicted molar refractivity (Wildman–Crippen MR) is 94.2 cm³/mol. The van der Waals surface area contributed by atoms with Gasteiger partial charge in [-0.15, -0.1) is 0 Å². The highest BCUT2D eigenvalue weighted by Gasteiger charge is 2.23. The van der Waals surface area contributed by atoms with Crippen molar-refractivity contribution < 1.29 is 19.1 Å². The Bertz CT molecular complexity index is 804. The van der Waals surface area contributed by atoms with E-state index in [1.807, 2.05) is 24.3 Å². The van der Waals surface area contributed by atoms with E-state index in [9.17, 15) is 9.59 Å². The van der Waals surface area contributed by atoms with Gasteiger partial charge in [0, 0.05) is 6.54 Å². The molecule has 130 valence electrons. The fourth-order valence-corrected chi connectivity index (χ4v) is 2.66. The Kier molecular flexibility index (Phi) is 4.88. The zero-order chi connectivity index (χ0) is 17.8. The molecule has 3 rings (SSSR count). The molecule has 0 bridgehead atoms. The number of hydrogen-bond acceptors (Lipinski definition) is 4. The number of benzene rings is 2. The Labute approximate surface area is 146 Å². The molecule has 0 radical (unpaired) electrons. The van der Waals surface area contributed by atoms with E-state index in [2.05, 4.69) is 10.6 Å². The van der Waals surface area contributed by atoms with Gasteiger partial charge in [-0.2, -0.15) is 0 Å². The standard InChI is InChI=1S/C19H20N2O4/c1-12-18(22)21-15-11-13(7-8-17(15)25-12)9-10-20-19(23)14-5-3-4-6-16(14)24-2/h3-8,11-12H,9-10H2,1-2H3,(H,20,23)(H,21,22). The van der Waals surface area contributed by atoms with E-state index in [4.69, 9.17) is 9.47 Å². The van der Waals surface area contributed by atoms with Crippen molar-refractivity contribution in [2.75, 3.05) is 19.0 Å². The Balaban J connectivity index is 1.60. The van der Waals surface area contributed by atoms with Crippen molar-refractivity contribution in [1.82, 2.24) is 5.32 Å². The van der Waals surface area contributed by atoms with Crippen molar-refractivity contribution >= 4 is 17.5 Å². The Morgan fingerprint density at radius 3 is 2.88 bits per heavy atom. The summed E-state index contributed by atoms with van der Waals surface area (Å²) in [4.78, 5) is 23.9. The first-order valence-corrected chi connectivity index (χ1v) is 8.10. The zero-order valence-corrected chi connectivity index (χ0v) is 14.2. The van der Waals surface area contributed by atoms with Gasteiger partial charge < -0.3 is 20.1 Å². The number of anilines is 1. The highest BCUT2D eigenvalue weighted by Crippen LogP contribution is 2.30. The molecular weight excluding hydrogens is 320 g/mol. The van der Waals surface area contributed by atoms with Gasteiger partial charge in [0.1, 0.15) is 11.5 Å². The van der Waals surface area contributed by atoms with Crippen LogP contribution >= 0.6 is 0 Å². The minimum absolute atomic E-state index is 0.158. The third-order valence-electron chi connectivity index (χ3n) is 4.03. The van der Waals surface area contributed by atoms with Crippen LogP contribution in [0.2, 0.25) is 0 Å². The van der Waals surface area contributed by atoms with E-state index in [0.29, 0.717) is 35.7 Å². The number of hydrogen-bond donors (Lipinski definition) is 2. The van der Waals surface area contributed by atoms with E-state index < -0.39 is 6.10 Å². The van der Waals surface area contributed by atoms with Crippen molar-refractivity contribution in [3.8, 4) is 11.5 Å². The summed E-state index contributed by atoms with van der Waals surface area (Å²) < 4.78 is 10.7. The smallest absolute Gasteiger partial charge is 0.265 e. The lowest BCUT2D eigenvalue weighted by Crippen LogP contribution is -2.34. The van der Waals surface area contributed by atoms with E-state index in [0.717, 1.165) is 5.56 Å². The zero-order valence-electron chi connectivity index (χ0n) is 14.2. The van der Waals surface area contributed by atoms with Crippen LogP contribution in [0.3, 0.4) is 0 Å². The molecule has 6 heteroatoms. The SMILES string of the molecule is COc1ccccc1C(=O)NCCc1ccc2c(c1)NC(=O)C(C)O2. The third-order valence-corrected chi connectivity index (χ3v) is 4.03. The third kappa shape index (κ3) is 3.74. The maximum absolute atomic E-state index is 12.3. The quantitative estimate of drug-likeness (QED) is 0.876.